The van der Waals surface area contributed by atoms with E-state index < -0.39 is 0 Å². The third kappa shape index (κ3) is 2.93. The average Bonchev–Trinajstić information content (AvgIpc) is 3.01. The Labute approximate surface area is 123 Å². The molecule has 2 N–H and O–H groups in total. The predicted octanol–water partition coefficient (Wildman–Crippen LogP) is 2.39. The third-order valence-electron chi connectivity index (χ3n) is 2.78. The molecule has 0 spiro atoms. The van der Waals surface area contributed by atoms with E-state index in [9.17, 15) is 0 Å². The molecule has 19 heavy (non-hydrogen) atoms. The lowest BCUT2D eigenvalue weighted by Gasteiger charge is -2.07. The summed E-state index contributed by atoms with van der Waals surface area (Å²) in [6, 6.07) is 6.07. The Morgan fingerprint density at radius 2 is 2.32 bits per heavy atom. The number of hydrogen-bond donors (Lipinski definition) is 1. The van der Waals surface area contributed by atoms with Crippen LogP contribution in [0, 0.1) is 0 Å². The first-order valence-electron chi connectivity index (χ1n) is 5.85. The molecule has 7 heteroatoms. The minimum atomic E-state index is 0.141. The van der Waals surface area contributed by atoms with Gasteiger partial charge in [0.05, 0.1) is 6.54 Å². The second kappa shape index (κ2) is 5.52. The van der Waals surface area contributed by atoms with Crippen molar-refractivity contribution in [3.05, 3.63) is 34.1 Å². The summed E-state index contributed by atoms with van der Waals surface area (Å²) in [4.78, 5) is 0. The standard InChI is InChI=1S/C12H12BrN3O2S/c13-8-1-2-10-7(3-8)4-9(17-10)6-19-12-16-15-11(5-14)18-12/h1-3,9H,4-6,14H2. The number of ether oxygens (including phenoxy) is 1. The molecule has 5 nitrogen and oxygen atoms in total. The predicted molar refractivity (Wildman–Crippen MR) is 75.2 cm³/mol. The Morgan fingerprint density at radius 3 is 3.11 bits per heavy atom. The van der Waals surface area contributed by atoms with E-state index in [4.69, 9.17) is 14.9 Å². The molecule has 3 rings (SSSR count). The molecule has 1 unspecified atom stereocenters. The molecule has 1 aliphatic heterocycles. The summed E-state index contributed by atoms with van der Waals surface area (Å²) < 4.78 is 12.3. The summed E-state index contributed by atoms with van der Waals surface area (Å²) in [6.07, 6.45) is 1.04. The van der Waals surface area contributed by atoms with Gasteiger partial charge in [0.1, 0.15) is 11.9 Å². The fourth-order valence-electron chi connectivity index (χ4n) is 1.93. The number of rotatable bonds is 4. The normalized spacial score (nSPS) is 17.3. The number of fused-ring (bicyclic) bond motifs is 1. The van der Waals surface area contributed by atoms with Crippen LogP contribution in [0.1, 0.15) is 11.5 Å². The van der Waals surface area contributed by atoms with Crippen molar-refractivity contribution in [2.75, 3.05) is 5.75 Å². The molecular formula is C12H12BrN3O2S. The summed E-state index contributed by atoms with van der Waals surface area (Å²) in [5, 5.41) is 8.28. The van der Waals surface area contributed by atoms with Crippen molar-refractivity contribution in [2.45, 2.75) is 24.3 Å². The van der Waals surface area contributed by atoms with Crippen LogP contribution in [0.15, 0.2) is 32.3 Å². The first-order chi connectivity index (χ1) is 9.24. The van der Waals surface area contributed by atoms with Crippen LogP contribution in [0.3, 0.4) is 0 Å². The largest absolute Gasteiger partial charge is 0.489 e. The number of nitrogens with two attached hydrogens (primary N) is 1. The maximum absolute atomic E-state index is 5.86. The van der Waals surface area contributed by atoms with Crippen molar-refractivity contribution in [3.63, 3.8) is 0 Å². The number of halogens is 1. The van der Waals surface area contributed by atoms with E-state index in [-0.39, 0.29) is 12.6 Å². The second-order valence-electron chi connectivity index (χ2n) is 4.17. The second-order valence-corrected chi connectivity index (χ2v) is 6.06. The van der Waals surface area contributed by atoms with Crippen LogP contribution in [0.2, 0.25) is 0 Å². The number of hydrogen-bond acceptors (Lipinski definition) is 6. The minimum Gasteiger partial charge on any atom is -0.489 e. The van der Waals surface area contributed by atoms with Gasteiger partial charge in [-0.15, -0.1) is 10.2 Å². The molecule has 0 fully saturated rings. The maximum Gasteiger partial charge on any atom is 0.276 e. The molecule has 1 aromatic carbocycles. The molecule has 0 radical (unpaired) electrons. The van der Waals surface area contributed by atoms with Gasteiger partial charge in [-0.05, 0) is 23.8 Å². The van der Waals surface area contributed by atoms with Gasteiger partial charge in [-0.3, -0.25) is 0 Å². The molecular weight excluding hydrogens is 330 g/mol. The van der Waals surface area contributed by atoms with Crippen LogP contribution in [0.4, 0.5) is 0 Å². The van der Waals surface area contributed by atoms with Gasteiger partial charge in [-0.25, -0.2) is 0 Å². The van der Waals surface area contributed by atoms with E-state index in [1.165, 1.54) is 17.3 Å². The van der Waals surface area contributed by atoms with Gasteiger partial charge in [-0.2, -0.15) is 0 Å². The Morgan fingerprint density at radius 1 is 1.42 bits per heavy atom. The highest BCUT2D eigenvalue weighted by molar-refractivity contribution is 9.10. The van der Waals surface area contributed by atoms with Crippen molar-refractivity contribution >= 4 is 27.7 Å². The highest BCUT2D eigenvalue weighted by atomic mass is 79.9. The first kappa shape index (κ1) is 13.0. The molecule has 0 saturated carbocycles. The van der Waals surface area contributed by atoms with Gasteiger partial charge >= 0.3 is 0 Å². The molecule has 1 aliphatic rings. The van der Waals surface area contributed by atoms with E-state index in [0.717, 1.165) is 22.4 Å². The monoisotopic (exact) mass is 341 g/mol. The van der Waals surface area contributed by atoms with Gasteiger partial charge in [0.2, 0.25) is 5.89 Å². The molecule has 1 aromatic heterocycles. The number of thioether (sulfide) groups is 1. The number of benzene rings is 1. The minimum absolute atomic E-state index is 0.141. The Kier molecular flexibility index (Phi) is 3.76. The summed E-state index contributed by atoms with van der Waals surface area (Å²) in [5.41, 5.74) is 6.65. The average molecular weight is 342 g/mol. The van der Waals surface area contributed by atoms with Gasteiger partial charge in [0, 0.05) is 16.6 Å². The quantitative estimate of drug-likeness (QED) is 0.860. The van der Waals surface area contributed by atoms with E-state index in [1.807, 2.05) is 12.1 Å². The van der Waals surface area contributed by atoms with Crippen LogP contribution in [0.25, 0.3) is 0 Å². The molecule has 100 valence electrons. The highest BCUT2D eigenvalue weighted by Crippen LogP contribution is 2.33. The molecule has 0 saturated heterocycles. The Hall–Kier alpha value is -1.05. The van der Waals surface area contributed by atoms with Crippen LogP contribution in [0.5, 0.6) is 5.75 Å². The van der Waals surface area contributed by atoms with Crippen molar-refractivity contribution in [2.24, 2.45) is 5.73 Å². The molecule has 2 aromatic rings. The van der Waals surface area contributed by atoms with Gasteiger partial charge < -0.3 is 14.9 Å². The summed E-state index contributed by atoms with van der Waals surface area (Å²) in [5.74, 6) is 2.20. The molecule has 2 heterocycles. The fraction of sp³-hybridized carbons (Fsp3) is 0.333. The van der Waals surface area contributed by atoms with Crippen molar-refractivity contribution in [1.82, 2.24) is 10.2 Å². The number of aromatic nitrogens is 2. The number of nitrogens with zero attached hydrogens (tertiary/aromatic N) is 2. The SMILES string of the molecule is NCc1nnc(SCC2Cc3cc(Br)ccc3O2)o1. The van der Waals surface area contributed by atoms with Gasteiger partial charge in [0.15, 0.2) is 0 Å². The smallest absolute Gasteiger partial charge is 0.276 e. The van der Waals surface area contributed by atoms with E-state index in [1.54, 1.807) is 0 Å². The zero-order chi connectivity index (χ0) is 13.2. The van der Waals surface area contributed by atoms with E-state index >= 15 is 0 Å². The first-order valence-corrected chi connectivity index (χ1v) is 7.63. The molecule has 0 amide bonds. The zero-order valence-electron chi connectivity index (χ0n) is 10.0. The summed E-state index contributed by atoms with van der Waals surface area (Å²) >= 11 is 4.96. The van der Waals surface area contributed by atoms with Crippen LogP contribution < -0.4 is 10.5 Å². The fourth-order valence-corrected chi connectivity index (χ4v) is 3.10. The topological polar surface area (TPSA) is 74.2 Å². The molecule has 0 aliphatic carbocycles. The Bertz CT molecular complexity index is 590. The lowest BCUT2D eigenvalue weighted by Crippen LogP contribution is -2.15. The summed E-state index contributed by atoms with van der Waals surface area (Å²) in [7, 11) is 0. The van der Waals surface area contributed by atoms with Crippen molar-refractivity contribution < 1.29 is 9.15 Å². The lowest BCUT2D eigenvalue weighted by atomic mass is 10.1. The zero-order valence-corrected chi connectivity index (χ0v) is 12.4. The third-order valence-corrected chi connectivity index (χ3v) is 4.22. The van der Waals surface area contributed by atoms with Crippen molar-refractivity contribution in [1.29, 1.82) is 0 Å². The maximum atomic E-state index is 5.86. The Balaban J connectivity index is 1.58. The van der Waals surface area contributed by atoms with E-state index in [2.05, 4.69) is 32.2 Å². The molecule has 1 atom stereocenters. The van der Waals surface area contributed by atoms with Crippen LogP contribution in [-0.4, -0.2) is 22.1 Å². The highest BCUT2D eigenvalue weighted by Gasteiger charge is 2.23. The van der Waals surface area contributed by atoms with Crippen LogP contribution >= 0.6 is 27.7 Å². The molecule has 0 bridgehead atoms. The van der Waals surface area contributed by atoms with Crippen LogP contribution in [-0.2, 0) is 13.0 Å². The van der Waals surface area contributed by atoms with Gasteiger partial charge in [-0.1, -0.05) is 27.7 Å². The lowest BCUT2D eigenvalue weighted by molar-refractivity contribution is 0.258. The summed E-state index contributed by atoms with van der Waals surface area (Å²) in [6.45, 7) is 0.271. The van der Waals surface area contributed by atoms with Gasteiger partial charge in [0.25, 0.3) is 5.22 Å². The van der Waals surface area contributed by atoms with E-state index in [0.29, 0.717) is 11.1 Å². The van der Waals surface area contributed by atoms with Crippen molar-refractivity contribution in [3.8, 4) is 5.75 Å².